The highest BCUT2D eigenvalue weighted by Crippen LogP contribution is 2.34. The Morgan fingerprint density at radius 1 is 1.11 bits per heavy atom. The monoisotopic (exact) mass is 548 g/mol. The Hall–Kier alpha value is -3.32. The van der Waals surface area contributed by atoms with Gasteiger partial charge in [-0.25, -0.2) is 13.4 Å². The summed E-state index contributed by atoms with van der Waals surface area (Å²) in [6.07, 6.45) is -3.21. The van der Waals surface area contributed by atoms with Crippen LogP contribution in [0.3, 0.4) is 0 Å². The van der Waals surface area contributed by atoms with Crippen molar-refractivity contribution in [2.24, 2.45) is 5.73 Å². The largest absolute Gasteiger partial charge is 0.416 e. The maximum absolute atomic E-state index is 13.2. The van der Waals surface area contributed by atoms with Crippen molar-refractivity contribution in [3.63, 3.8) is 0 Å². The summed E-state index contributed by atoms with van der Waals surface area (Å²) < 4.78 is 71.9. The van der Waals surface area contributed by atoms with E-state index in [9.17, 15) is 26.4 Å². The van der Waals surface area contributed by atoms with E-state index in [0.29, 0.717) is 22.3 Å². The van der Waals surface area contributed by atoms with Crippen LogP contribution in [-0.4, -0.2) is 49.9 Å². The number of carbonyl (C=O) groups excluding carboxylic acids is 1. The third kappa shape index (κ3) is 6.04. The molecule has 38 heavy (non-hydrogen) atoms. The molecule has 0 bridgehead atoms. The van der Waals surface area contributed by atoms with Crippen molar-refractivity contribution < 1.29 is 31.1 Å². The molecule has 1 aliphatic rings. The molecule has 0 aliphatic carbocycles. The van der Waals surface area contributed by atoms with Crippen molar-refractivity contribution in [3.8, 4) is 11.1 Å². The first kappa shape index (κ1) is 27.7. The second-order valence-electron chi connectivity index (χ2n) is 8.79. The first-order chi connectivity index (χ1) is 18.0. The molecule has 0 saturated carbocycles. The number of halogens is 3. The Labute approximate surface area is 218 Å². The number of aromatic nitrogens is 1. The summed E-state index contributed by atoms with van der Waals surface area (Å²) in [7, 11) is -3.87. The van der Waals surface area contributed by atoms with Gasteiger partial charge in [-0.15, -0.1) is 0 Å². The number of nitrogens with two attached hydrogens (primary N) is 1. The molecular weight excluding hydrogens is 521 g/mol. The zero-order valence-corrected chi connectivity index (χ0v) is 21.3. The van der Waals surface area contributed by atoms with Gasteiger partial charge in [0, 0.05) is 31.4 Å². The number of sulfonamides is 1. The van der Waals surface area contributed by atoms with Crippen LogP contribution in [0, 0.1) is 0 Å². The summed E-state index contributed by atoms with van der Waals surface area (Å²) in [6, 6.07) is 12.4. The van der Waals surface area contributed by atoms with Crippen molar-refractivity contribution in [3.05, 3.63) is 83.0 Å². The van der Waals surface area contributed by atoms with Gasteiger partial charge in [0.1, 0.15) is 0 Å². The van der Waals surface area contributed by atoms with E-state index < -0.39 is 33.7 Å². The summed E-state index contributed by atoms with van der Waals surface area (Å²) in [5.74, 6) is -0.495. The number of amides is 1. The molecule has 0 radical (unpaired) electrons. The van der Waals surface area contributed by atoms with Crippen LogP contribution in [0.25, 0.3) is 11.1 Å². The number of alkyl halides is 3. The van der Waals surface area contributed by atoms with Gasteiger partial charge in [-0.05, 0) is 53.4 Å². The number of nitrogens with one attached hydrogen (secondary N) is 1. The minimum absolute atomic E-state index is 0.0802. The van der Waals surface area contributed by atoms with E-state index in [0.717, 1.165) is 12.1 Å². The second-order valence-corrected chi connectivity index (χ2v) is 10.7. The van der Waals surface area contributed by atoms with Gasteiger partial charge in [0.05, 0.1) is 24.8 Å². The molecule has 4 rings (SSSR count). The number of rotatable bonds is 7. The van der Waals surface area contributed by atoms with E-state index >= 15 is 0 Å². The van der Waals surface area contributed by atoms with E-state index in [1.165, 1.54) is 28.7 Å². The topological polar surface area (TPSA) is 115 Å². The molecule has 12 heteroatoms. The Morgan fingerprint density at radius 2 is 1.79 bits per heavy atom. The molecule has 2 heterocycles. The van der Waals surface area contributed by atoms with Gasteiger partial charge < -0.3 is 15.8 Å². The number of ether oxygens (including phenoxy) is 1. The second kappa shape index (κ2) is 11.2. The summed E-state index contributed by atoms with van der Waals surface area (Å²) >= 11 is 0. The smallest absolute Gasteiger partial charge is 0.379 e. The van der Waals surface area contributed by atoms with Crippen molar-refractivity contribution in [2.45, 2.75) is 30.7 Å². The highest BCUT2D eigenvalue weighted by molar-refractivity contribution is 7.89. The van der Waals surface area contributed by atoms with Crippen LogP contribution in [-0.2, 0) is 27.5 Å². The predicted molar refractivity (Wildman–Crippen MR) is 134 cm³/mol. The number of morpholine rings is 1. The molecule has 1 aromatic heterocycles. The fourth-order valence-corrected chi connectivity index (χ4v) is 5.49. The summed E-state index contributed by atoms with van der Waals surface area (Å²) in [5, 5.41) is 2.60. The van der Waals surface area contributed by atoms with E-state index in [2.05, 4.69) is 10.3 Å². The van der Waals surface area contributed by atoms with E-state index in [1.54, 1.807) is 31.2 Å². The van der Waals surface area contributed by atoms with Gasteiger partial charge in [-0.1, -0.05) is 30.3 Å². The van der Waals surface area contributed by atoms with Crippen LogP contribution in [0.2, 0.25) is 0 Å². The number of hydrogen-bond acceptors (Lipinski definition) is 6. The van der Waals surface area contributed by atoms with Crippen molar-refractivity contribution in [1.29, 1.82) is 0 Å². The molecule has 202 valence electrons. The molecule has 1 amide bonds. The van der Waals surface area contributed by atoms with E-state index in [4.69, 9.17) is 10.5 Å². The van der Waals surface area contributed by atoms with Gasteiger partial charge in [0.2, 0.25) is 0 Å². The van der Waals surface area contributed by atoms with Gasteiger partial charge >= 0.3 is 6.18 Å². The van der Waals surface area contributed by atoms with E-state index in [1.807, 2.05) is 0 Å². The molecule has 0 spiro atoms. The minimum atomic E-state index is -4.48. The lowest BCUT2D eigenvalue weighted by Crippen LogP contribution is -2.41. The highest BCUT2D eigenvalue weighted by atomic mass is 32.2. The quantitative estimate of drug-likeness (QED) is 0.465. The fourth-order valence-electron chi connectivity index (χ4n) is 4.13. The zero-order valence-electron chi connectivity index (χ0n) is 20.5. The number of hydrogen-bond donors (Lipinski definition) is 2. The molecule has 1 saturated heterocycles. The third-order valence-electron chi connectivity index (χ3n) is 6.30. The van der Waals surface area contributed by atoms with Gasteiger partial charge in [0.15, 0.2) is 5.03 Å². The zero-order chi connectivity index (χ0) is 27.5. The lowest BCUT2D eigenvalue weighted by molar-refractivity contribution is -0.137. The average Bonchev–Trinajstić information content (AvgIpc) is 2.92. The Bertz CT molecular complexity index is 1410. The molecule has 3 N–H and O–H groups in total. The summed E-state index contributed by atoms with van der Waals surface area (Å²) in [5.41, 5.74) is 7.34. The van der Waals surface area contributed by atoms with Crippen molar-refractivity contribution in [2.75, 3.05) is 26.3 Å². The molecular formula is C26H27F3N4O4S. The first-order valence-electron chi connectivity index (χ1n) is 11.9. The van der Waals surface area contributed by atoms with Gasteiger partial charge in [-0.3, -0.25) is 4.79 Å². The summed E-state index contributed by atoms with van der Waals surface area (Å²) in [4.78, 5) is 16.8. The predicted octanol–water partition coefficient (Wildman–Crippen LogP) is 3.74. The lowest BCUT2D eigenvalue weighted by atomic mass is 9.95. The molecule has 1 aliphatic heterocycles. The molecule has 1 fully saturated rings. The van der Waals surface area contributed by atoms with Gasteiger partial charge in [0.25, 0.3) is 15.9 Å². The van der Waals surface area contributed by atoms with Crippen LogP contribution in [0.15, 0.2) is 65.8 Å². The Balaban J connectivity index is 1.50. The third-order valence-corrected chi connectivity index (χ3v) is 8.09. The van der Waals surface area contributed by atoms with Crippen molar-refractivity contribution in [1.82, 2.24) is 14.6 Å². The first-order valence-corrected chi connectivity index (χ1v) is 13.3. The average molecular weight is 549 g/mol. The SMILES string of the molecule is C[C@@H](NC(=O)c1ccnc(S(=O)(=O)N2CCOCC2)c1)c1ccc(-c2cc(C(F)(F)F)ccc2CN)cc1. The van der Waals surface area contributed by atoms with Crippen LogP contribution in [0.4, 0.5) is 13.2 Å². The fraction of sp³-hybridized carbons (Fsp3) is 0.308. The van der Waals surface area contributed by atoms with Crippen LogP contribution in [0.5, 0.6) is 0 Å². The Kier molecular flexibility index (Phi) is 8.16. The van der Waals surface area contributed by atoms with Crippen molar-refractivity contribution >= 4 is 15.9 Å². The molecule has 8 nitrogen and oxygen atoms in total. The molecule has 2 aromatic carbocycles. The Morgan fingerprint density at radius 3 is 2.42 bits per heavy atom. The molecule has 3 aromatic rings. The van der Waals surface area contributed by atoms with E-state index in [-0.39, 0.29) is 43.4 Å². The molecule has 0 unspecified atom stereocenters. The number of benzene rings is 2. The number of carbonyl (C=O) groups is 1. The lowest BCUT2D eigenvalue weighted by Gasteiger charge is -2.25. The molecule has 1 atom stereocenters. The normalized spacial score (nSPS) is 15.7. The maximum atomic E-state index is 13.2. The standard InChI is InChI=1S/C26H27F3N4O4S/c1-17(18-2-4-19(5-3-18)23-15-22(26(27,28)29)7-6-21(23)16-30)32-25(34)20-8-9-31-24(14-20)38(35,36)33-10-12-37-13-11-33/h2-9,14-15,17H,10-13,16,30H2,1H3,(H,32,34)/t17-/m1/s1. The highest BCUT2D eigenvalue weighted by Gasteiger charge is 2.31. The van der Waals surface area contributed by atoms with Crippen LogP contribution in [0.1, 0.15) is 40.0 Å². The maximum Gasteiger partial charge on any atom is 0.416 e. The van der Waals surface area contributed by atoms with Crippen LogP contribution >= 0.6 is 0 Å². The number of pyridine rings is 1. The van der Waals surface area contributed by atoms with Crippen LogP contribution < -0.4 is 11.1 Å². The number of nitrogens with zero attached hydrogens (tertiary/aromatic N) is 2. The summed E-state index contributed by atoms with van der Waals surface area (Å²) in [6.45, 7) is 2.82. The van der Waals surface area contributed by atoms with Gasteiger partial charge in [-0.2, -0.15) is 17.5 Å². The minimum Gasteiger partial charge on any atom is -0.379 e.